The second-order valence-electron chi connectivity index (χ2n) is 9.11. The maximum Gasteiger partial charge on any atom is 0.331 e. The standard InChI is InChI=1S/C24H25F2N7O4/c25-19(26)20-29-17-18(21(34)30-20)32(13-10-14-6-5-7-14)24(36)33(23(17)35)12-4-2-9-16-28-22(37-31-16)15-8-1-3-11-27-15/h1,3,8,11,14,19H,2,4-7,9-10,12-13H2,(H,29,30,34). The number of rotatable bonds is 10. The molecule has 4 aromatic heterocycles. The highest BCUT2D eigenvalue weighted by Gasteiger charge is 2.23. The molecule has 4 aromatic rings. The van der Waals surface area contributed by atoms with Crippen molar-refractivity contribution in [3.63, 3.8) is 0 Å². The minimum Gasteiger partial charge on any atom is -0.332 e. The van der Waals surface area contributed by atoms with Gasteiger partial charge in [0.1, 0.15) is 11.2 Å². The van der Waals surface area contributed by atoms with E-state index in [1.165, 1.54) is 4.57 Å². The Morgan fingerprint density at radius 2 is 1.92 bits per heavy atom. The lowest BCUT2D eigenvalue weighted by Crippen LogP contribution is -2.43. The van der Waals surface area contributed by atoms with E-state index in [1.54, 1.807) is 24.4 Å². The van der Waals surface area contributed by atoms with Gasteiger partial charge >= 0.3 is 5.69 Å². The van der Waals surface area contributed by atoms with Gasteiger partial charge in [-0.05, 0) is 37.3 Å². The van der Waals surface area contributed by atoms with E-state index in [9.17, 15) is 23.2 Å². The summed E-state index contributed by atoms with van der Waals surface area (Å²) in [6.45, 7) is 0.235. The summed E-state index contributed by atoms with van der Waals surface area (Å²) < 4.78 is 34.0. The van der Waals surface area contributed by atoms with Gasteiger partial charge in [-0.25, -0.2) is 18.6 Å². The van der Waals surface area contributed by atoms with Crippen LogP contribution in [0.1, 0.15) is 56.6 Å². The first-order valence-corrected chi connectivity index (χ1v) is 12.2. The van der Waals surface area contributed by atoms with E-state index in [-0.39, 0.29) is 18.6 Å². The third-order valence-corrected chi connectivity index (χ3v) is 6.67. The number of pyridine rings is 1. The zero-order valence-electron chi connectivity index (χ0n) is 19.9. The first-order valence-electron chi connectivity index (χ1n) is 12.2. The number of fused-ring (bicyclic) bond motifs is 1. The van der Waals surface area contributed by atoms with Crippen molar-refractivity contribution >= 4 is 11.0 Å². The summed E-state index contributed by atoms with van der Waals surface area (Å²) in [5.74, 6) is 0.285. The second kappa shape index (κ2) is 10.5. The Kier molecular flexibility index (Phi) is 7.01. The minimum absolute atomic E-state index is 0.0282. The van der Waals surface area contributed by atoms with E-state index in [0.29, 0.717) is 49.0 Å². The smallest absolute Gasteiger partial charge is 0.331 e. The lowest BCUT2D eigenvalue weighted by Gasteiger charge is -2.25. The summed E-state index contributed by atoms with van der Waals surface area (Å²) in [5, 5.41) is 3.94. The van der Waals surface area contributed by atoms with Crippen molar-refractivity contribution in [3.05, 3.63) is 67.2 Å². The van der Waals surface area contributed by atoms with Crippen molar-refractivity contribution in [1.29, 1.82) is 0 Å². The number of hydrogen-bond donors (Lipinski definition) is 1. The molecule has 0 spiro atoms. The van der Waals surface area contributed by atoms with Crippen LogP contribution in [0.15, 0.2) is 43.3 Å². The van der Waals surface area contributed by atoms with Crippen molar-refractivity contribution in [3.8, 4) is 11.6 Å². The average Bonchev–Trinajstić information content (AvgIpc) is 3.34. The maximum absolute atomic E-state index is 13.3. The SMILES string of the molecule is O=c1[nH]c(C(F)F)nc2c(=O)n(CCCCc3noc(-c4ccccn4)n3)c(=O)n(CCC3CCC3)c12. The molecule has 0 radical (unpaired) electrons. The van der Waals surface area contributed by atoms with Crippen LogP contribution in [0.25, 0.3) is 22.6 Å². The van der Waals surface area contributed by atoms with Crippen LogP contribution in [0.4, 0.5) is 8.78 Å². The molecule has 5 rings (SSSR count). The largest absolute Gasteiger partial charge is 0.332 e. The van der Waals surface area contributed by atoms with Crippen LogP contribution < -0.4 is 16.8 Å². The van der Waals surface area contributed by atoms with Crippen LogP contribution >= 0.6 is 0 Å². The van der Waals surface area contributed by atoms with E-state index in [4.69, 9.17) is 4.52 Å². The van der Waals surface area contributed by atoms with Crippen LogP contribution in [0.3, 0.4) is 0 Å². The molecule has 0 aromatic carbocycles. The first kappa shape index (κ1) is 24.7. The molecule has 1 saturated carbocycles. The fourth-order valence-corrected chi connectivity index (χ4v) is 4.44. The molecule has 1 fully saturated rings. The van der Waals surface area contributed by atoms with E-state index >= 15 is 0 Å². The van der Waals surface area contributed by atoms with Crippen LogP contribution in [0.5, 0.6) is 0 Å². The number of unbranched alkanes of at least 4 members (excludes halogenated alkanes) is 1. The number of aryl methyl sites for hydroxylation is 2. The summed E-state index contributed by atoms with van der Waals surface area (Å²) in [4.78, 5) is 53.2. The van der Waals surface area contributed by atoms with Crippen molar-refractivity contribution in [1.82, 2.24) is 34.2 Å². The number of nitrogens with one attached hydrogen (secondary N) is 1. The highest BCUT2D eigenvalue weighted by atomic mass is 19.3. The lowest BCUT2D eigenvalue weighted by atomic mass is 9.83. The Labute approximate surface area is 208 Å². The molecule has 37 heavy (non-hydrogen) atoms. The van der Waals surface area contributed by atoms with Gasteiger partial charge in [-0.15, -0.1) is 0 Å². The van der Waals surface area contributed by atoms with Crippen molar-refractivity contribution in [2.45, 2.75) is 64.5 Å². The van der Waals surface area contributed by atoms with E-state index in [1.807, 2.05) is 4.98 Å². The van der Waals surface area contributed by atoms with Gasteiger partial charge in [0, 0.05) is 25.7 Å². The van der Waals surface area contributed by atoms with Crippen LogP contribution in [-0.4, -0.2) is 34.2 Å². The molecule has 0 amide bonds. The normalized spacial score (nSPS) is 13.9. The zero-order valence-corrected chi connectivity index (χ0v) is 19.9. The monoisotopic (exact) mass is 513 g/mol. The molecule has 0 unspecified atom stereocenters. The Balaban J connectivity index is 1.37. The van der Waals surface area contributed by atoms with E-state index in [2.05, 4.69) is 20.1 Å². The lowest BCUT2D eigenvalue weighted by molar-refractivity contribution is 0.140. The highest BCUT2D eigenvalue weighted by Crippen LogP contribution is 2.29. The van der Waals surface area contributed by atoms with Gasteiger partial charge in [-0.2, -0.15) is 4.98 Å². The number of halogens is 2. The Hall–Kier alpha value is -4.03. The van der Waals surface area contributed by atoms with Crippen LogP contribution in [0, 0.1) is 5.92 Å². The number of H-pyrrole nitrogens is 1. The minimum atomic E-state index is -3.06. The van der Waals surface area contributed by atoms with E-state index in [0.717, 1.165) is 23.8 Å². The zero-order chi connectivity index (χ0) is 25.9. The summed E-state index contributed by atoms with van der Waals surface area (Å²) in [6, 6.07) is 5.33. The van der Waals surface area contributed by atoms with Crippen LogP contribution in [-0.2, 0) is 19.5 Å². The number of nitrogens with zero attached hydrogens (tertiary/aromatic N) is 6. The fourth-order valence-electron chi connectivity index (χ4n) is 4.44. The van der Waals surface area contributed by atoms with Crippen molar-refractivity contribution in [2.24, 2.45) is 5.92 Å². The highest BCUT2D eigenvalue weighted by molar-refractivity contribution is 5.72. The molecule has 1 aliphatic rings. The molecular weight excluding hydrogens is 488 g/mol. The maximum atomic E-state index is 13.3. The van der Waals surface area contributed by atoms with Gasteiger partial charge in [-0.1, -0.05) is 30.5 Å². The molecule has 4 heterocycles. The quantitative estimate of drug-likeness (QED) is 0.319. The fraction of sp³-hybridized carbons (Fsp3) is 0.458. The van der Waals surface area contributed by atoms with Gasteiger partial charge in [0.25, 0.3) is 23.4 Å². The number of aromatic amines is 1. The molecule has 1 N–H and O–H groups in total. The summed E-state index contributed by atoms with van der Waals surface area (Å²) in [6.07, 6.45) is 3.76. The predicted molar refractivity (Wildman–Crippen MR) is 128 cm³/mol. The first-order chi connectivity index (χ1) is 17.9. The van der Waals surface area contributed by atoms with E-state index < -0.39 is 34.6 Å². The number of aromatic nitrogens is 7. The van der Waals surface area contributed by atoms with Gasteiger partial charge in [-0.3, -0.25) is 23.7 Å². The van der Waals surface area contributed by atoms with Crippen molar-refractivity contribution < 1.29 is 13.3 Å². The van der Waals surface area contributed by atoms with Gasteiger partial charge in [0.2, 0.25) is 0 Å². The topological polar surface area (TPSA) is 142 Å². The molecule has 1 aliphatic carbocycles. The second-order valence-corrected chi connectivity index (χ2v) is 9.11. The summed E-state index contributed by atoms with van der Waals surface area (Å²) in [5.41, 5.74) is -2.56. The number of hydrogen-bond acceptors (Lipinski definition) is 8. The van der Waals surface area contributed by atoms with Gasteiger partial charge < -0.3 is 9.51 Å². The van der Waals surface area contributed by atoms with Crippen molar-refractivity contribution in [2.75, 3.05) is 0 Å². The molecule has 0 aliphatic heterocycles. The number of alkyl halides is 2. The Morgan fingerprint density at radius 1 is 1.08 bits per heavy atom. The molecule has 0 bridgehead atoms. The average molecular weight is 514 g/mol. The summed E-state index contributed by atoms with van der Waals surface area (Å²) in [7, 11) is 0. The molecule has 11 nitrogen and oxygen atoms in total. The molecular formula is C24H25F2N7O4. The van der Waals surface area contributed by atoms with Gasteiger partial charge in [0.15, 0.2) is 17.2 Å². The summed E-state index contributed by atoms with van der Waals surface area (Å²) >= 11 is 0. The third kappa shape index (κ3) is 5.11. The Morgan fingerprint density at radius 3 is 2.62 bits per heavy atom. The molecule has 0 saturated heterocycles. The predicted octanol–water partition coefficient (Wildman–Crippen LogP) is 2.84. The third-order valence-electron chi connectivity index (χ3n) is 6.67. The molecule has 13 heteroatoms. The van der Waals surface area contributed by atoms with Gasteiger partial charge in [0.05, 0.1) is 0 Å². The molecule has 194 valence electrons. The Bertz CT molecular complexity index is 1570. The van der Waals surface area contributed by atoms with Crippen LogP contribution in [0.2, 0.25) is 0 Å². The molecule has 0 atom stereocenters.